The molecule has 0 bridgehead atoms. The molecule has 162 valence electrons. The van der Waals surface area contributed by atoms with Gasteiger partial charge in [0.2, 0.25) is 0 Å². The van der Waals surface area contributed by atoms with E-state index in [1.165, 1.54) is 70.6 Å². The molecule has 1 aromatic carbocycles. The summed E-state index contributed by atoms with van der Waals surface area (Å²) in [5.41, 5.74) is 1.14. The van der Waals surface area contributed by atoms with Crippen molar-refractivity contribution in [2.45, 2.75) is 89.3 Å². The number of rotatable bonds is 7. The fourth-order valence-corrected chi connectivity index (χ4v) is 5.89. The quantitative estimate of drug-likeness (QED) is 0.453. The molecule has 1 aliphatic heterocycles. The van der Waals surface area contributed by atoms with Gasteiger partial charge in [-0.05, 0) is 79.9 Å². The summed E-state index contributed by atoms with van der Waals surface area (Å²) < 4.78 is 24.9. The third-order valence-electron chi connectivity index (χ3n) is 7.71. The van der Waals surface area contributed by atoms with Gasteiger partial charge in [-0.2, -0.15) is 0 Å². The van der Waals surface area contributed by atoms with Gasteiger partial charge in [-0.1, -0.05) is 56.2 Å². The van der Waals surface area contributed by atoms with Crippen LogP contribution in [0.1, 0.15) is 88.5 Å². The van der Waals surface area contributed by atoms with Crippen LogP contribution in [0.3, 0.4) is 0 Å². The Balaban J connectivity index is 1.11. The molecule has 0 amide bonds. The van der Waals surface area contributed by atoms with Crippen LogP contribution in [0.4, 0.5) is 4.39 Å². The largest absolute Gasteiger partial charge is 0.350 e. The molecular weight excluding hydrogens is 387 g/mol. The van der Waals surface area contributed by atoms with Gasteiger partial charge < -0.3 is 9.47 Å². The van der Waals surface area contributed by atoms with Crippen molar-refractivity contribution in [1.82, 2.24) is 0 Å². The van der Waals surface area contributed by atoms with Crippen molar-refractivity contribution >= 4 is 11.6 Å². The summed E-state index contributed by atoms with van der Waals surface area (Å²) in [5.74, 6) is 2.94. The van der Waals surface area contributed by atoms with E-state index in [0.29, 0.717) is 5.92 Å². The van der Waals surface area contributed by atoms with Crippen molar-refractivity contribution in [2.75, 3.05) is 13.2 Å². The molecule has 0 unspecified atom stereocenters. The van der Waals surface area contributed by atoms with Gasteiger partial charge in [0.1, 0.15) is 5.82 Å². The van der Waals surface area contributed by atoms with E-state index < -0.39 is 0 Å². The average molecular weight is 423 g/mol. The molecule has 0 radical (unpaired) electrons. The Bertz CT molecular complexity index is 630. The number of ether oxygens (including phenoxy) is 2. The summed E-state index contributed by atoms with van der Waals surface area (Å²) in [7, 11) is 0. The van der Waals surface area contributed by atoms with E-state index in [0.717, 1.165) is 43.0 Å². The van der Waals surface area contributed by atoms with E-state index in [1.54, 1.807) is 12.1 Å². The van der Waals surface area contributed by atoms with E-state index in [4.69, 9.17) is 21.1 Å². The molecule has 29 heavy (non-hydrogen) atoms. The molecule has 2 saturated carbocycles. The van der Waals surface area contributed by atoms with Crippen molar-refractivity contribution < 1.29 is 13.9 Å². The summed E-state index contributed by atoms with van der Waals surface area (Å²) in [5, 5.41) is 0.234. The van der Waals surface area contributed by atoms with Crippen molar-refractivity contribution in [3.05, 3.63) is 34.6 Å². The van der Waals surface area contributed by atoms with Crippen molar-refractivity contribution in [3.8, 4) is 0 Å². The fourth-order valence-electron chi connectivity index (χ4n) is 5.78. The van der Waals surface area contributed by atoms with E-state index in [-0.39, 0.29) is 17.1 Å². The topological polar surface area (TPSA) is 18.5 Å². The summed E-state index contributed by atoms with van der Waals surface area (Å²) in [6, 6.07) is 5.37. The number of hydrogen-bond acceptors (Lipinski definition) is 2. The first kappa shape index (κ1) is 21.6. The smallest absolute Gasteiger partial charge is 0.157 e. The first-order valence-electron chi connectivity index (χ1n) is 11.9. The molecule has 1 heterocycles. The van der Waals surface area contributed by atoms with Crippen LogP contribution in [0.5, 0.6) is 0 Å². The number of hydrogen-bond donors (Lipinski definition) is 0. The highest BCUT2D eigenvalue weighted by Gasteiger charge is 2.26. The zero-order valence-electron chi connectivity index (χ0n) is 17.6. The monoisotopic (exact) mass is 422 g/mol. The zero-order valence-corrected chi connectivity index (χ0v) is 18.3. The second-order valence-electron chi connectivity index (χ2n) is 9.60. The second kappa shape index (κ2) is 10.6. The molecule has 0 aromatic heterocycles. The Morgan fingerprint density at radius 2 is 1.28 bits per heavy atom. The van der Waals surface area contributed by atoms with E-state index in [2.05, 4.69) is 0 Å². The van der Waals surface area contributed by atoms with Gasteiger partial charge in [-0.25, -0.2) is 4.39 Å². The minimum Gasteiger partial charge on any atom is -0.350 e. The zero-order chi connectivity index (χ0) is 20.1. The molecule has 4 heteroatoms. The molecule has 1 aromatic rings. The standard InChI is InChI=1S/C25H36ClFO2/c26-23-13-12-22(17-24(23)27)21-10-7-20(8-11-21)6-3-18-1-4-19(5-2-18)9-14-25-28-15-16-29-25/h12-13,17-21,25H,1-11,14-16H2/t18-,19-,20?,21?. The lowest BCUT2D eigenvalue weighted by atomic mass is 9.74. The summed E-state index contributed by atoms with van der Waals surface area (Å²) in [6.07, 6.45) is 15.8. The molecule has 0 N–H and O–H groups in total. The van der Waals surface area contributed by atoms with Crippen LogP contribution in [0.2, 0.25) is 5.02 Å². The molecule has 2 aliphatic carbocycles. The fraction of sp³-hybridized carbons (Fsp3) is 0.760. The molecule has 0 spiro atoms. The number of benzene rings is 1. The van der Waals surface area contributed by atoms with Gasteiger partial charge in [-0.3, -0.25) is 0 Å². The minimum absolute atomic E-state index is 0.0761. The van der Waals surface area contributed by atoms with Crippen LogP contribution in [0.25, 0.3) is 0 Å². The third kappa shape index (κ3) is 6.18. The highest BCUT2D eigenvalue weighted by atomic mass is 35.5. The highest BCUT2D eigenvalue weighted by molar-refractivity contribution is 6.30. The molecule has 1 saturated heterocycles. The van der Waals surface area contributed by atoms with E-state index in [9.17, 15) is 4.39 Å². The van der Waals surface area contributed by atoms with Gasteiger partial charge >= 0.3 is 0 Å². The number of halogens is 2. The average Bonchev–Trinajstić information content (AvgIpc) is 3.28. The van der Waals surface area contributed by atoms with E-state index in [1.807, 2.05) is 6.07 Å². The van der Waals surface area contributed by atoms with Crippen LogP contribution in [-0.2, 0) is 9.47 Å². The molecule has 0 atom stereocenters. The Kier molecular flexibility index (Phi) is 7.89. The van der Waals surface area contributed by atoms with Crippen LogP contribution in [0.15, 0.2) is 18.2 Å². The lowest BCUT2D eigenvalue weighted by Crippen LogP contribution is -2.19. The first-order chi connectivity index (χ1) is 14.2. The Labute approximate surface area is 180 Å². The lowest BCUT2D eigenvalue weighted by molar-refractivity contribution is -0.0512. The maximum atomic E-state index is 13.7. The van der Waals surface area contributed by atoms with E-state index >= 15 is 0 Å². The summed E-state index contributed by atoms with van der Waals surface area (Å²) in [6.45, 7) is 1.55. The van der Waals surface area contributed by atoms with Crippen molar-refractivity contribution in [1.29, 1.82) is 0 Å². The minimum atomic E-state index is -0.273. The summed E-state index contributed by atoms with van der Waals surface area (Å²) >= 11 is 5.83. The normalized spacial score (nSPS) is 31.2. The third-order valence-corrected chi connectivity index (χ3v) is 8.02. The summed E-state index contributed by atoms with van der Waals surface area (Å²) in [4.78, 5) is 0. The lowest BCUT2D eigenvalue weighted by Gasteiger charge is -2.32. The second-order valence-corrected chi connectivity index (χ2v) is 10.0. The van der Waals surface area contributed by atoms with Crippen molar-refractivity contribution in [2.24, 2.45) is 17.8 Å². The SMILES string of the molecule is Fc1cc(C2CCC(CC[C@H]3CC[C@H](CCC4OCCO4)CC3)CC2)ccc1Cl. The first-order valence-corrected chi connectivity index (χ1v) is 12.2. The molecule has 3 fully saturated rings. The molecular formula is C25H36ClFO2. The molecule has 2 nitrogen and oxygen atoms in total. The van der Waals surface area contributed by atoms with Crippen LogP contribution in [0, 0.1) is 23.6 Å². The van der Waals surface area contributed by atoms with Gasteiger partial charge in [0.25, 0.3) is 0 Å². The Hall–Kier alpha value is -0.640. The molecule has 3 aliphatic rings. The maximum absolute atomic E-state index is 13.7. The van der Waals surface area contributed by atoms with Gasteiger partial charge in [0.15, 0.2) is 6.29 Å². The van der Waals surface area contributed by atoms with Gasteiger partial charge in [0, 0.05) is 0 Å². The Morgan fingerprint density at radius 1 is 0.759 bits per heavy atom. The van der Waals surface area contributed by atoms with Crippen LogP contribution >= 0.6 is 11.6 Å². The predicted octanol–water partition coefficient (Wildman–Crippen LogP) is 7.49. The van der Waals surface area contributed by atoms with Crippen LogP contribution < -0.4 is 0 Å². The Morgan fingerprint density at radius 3 is 1.83 bits per heavy atom. The predicted molar refractivity (Wildman–Crippen MR) is 116 cm³/mol. The van der Waals surface area contributed by atoms with Gasteiger partial charge in [0.05, 0.1) is 18.2 Å². The van der Waals surface area contributed by atoms with Crippen molar-refractivity contribution in [3.63, 3.8) is 0 Å². The maximum Gasteiger partial charge on any atom is 0.157 e. The molecule has 4 rings (SSSR count). The van der Waals surface area contributed by atoms with Crippen LogP contribution in [-0.4, -0.2) is 19.5 Å². The van der Waals surface area contributed by atoms with Gasteiger partial charge in [-0.15, -0.1) is 0 Å². The highest BCUT2D eigenvalue weighted by Crippen LogP contribution is 2.40.